The van der Waals surface area contributed by atoms with Crippen LogP contribution in [0.1, 0.15) is 23.5 Å². The van der Waals surface area contributed by atoms with E-state index in [0.29, 0.717) is 34.9 Å². The number of fused-ring (bicyclic) bond motifs is 1. The fourth-order valence-corrected chi connectivity index (χ4v) is 3.52. The molecule has 1 N–H and O–H groups in total. The number of benzene rings is 2. The van der Waals surface area contributed by atoms with E-state index in [1.165, 1.54) is 7.11 Å². The van der Waals surface area contributed by atoms with Crippen molar-refractivity contribution in [2.45, 2.75) is 18.8 Å². The van der Waals surface area contributed by atoms with E-state index >= 15 is 0 Å². The van der Waals surface area contributed by atoms with Crippen LogP contribution in [0, 0.1) is 0 Å². The smallest absolute Gasteiger partial charge is 0.312 e. The van der Waals surface area contributed by atoms with Crippen molar-refractivity contribution in [2.24, 2.45) is 0 Å². The summed E-state index contributed by atoms with van der Waals surface area (Å²) < 4.78 is 16.0. The van der Waals surface area contributed by atoms with Crippen LogP contribution in [0.25, 0.3) is 0 Å². The first-order chi connectivity index (χ1) is 13.5. The van der Waals surface area contributed by atoms with Crippen LogP contribution in [0.3, 0.4) is 0 Å². The molecule has 0 aromatic heterocycles. The summed E-state index contributed by atoms with van der Waals surface area (Å²) in [6.07, 6.45) is 0.700. The molecule has 2 aromatic carbocycles. The quantitative estimate of drug-likeness (QED) is 0.789. The third-order valence-electron chi connectivity index (χ3n) is 4.92. The molecule has 1 amide bonds. The molecule has 7 heteroatoms. The monoisotopic (exact) mass is 385 g/mol. The van der Waals surface area contributed by atoms with E-state index in [1.54, 1.807) is 37.3 Å². The highest BCUT2D eigenvalue weighted by atomic mass is 16.5. The summed E-state index contributed by atoms with van der Waals surface area (Å²) in [5.41, 5.74) is 2.21. The Kier molecular flexibility index (Phi) is 5.73. The van der Waals surface area contributed by atoms with Gasteiger partial charge in [-0.05, 0) is 35.7 Å². The maximum atomic E-state index is 12.8. The molecule has 28 heavy (non-hydrogen) atoms. The lowest BCUT2D eigenvalue weighted by atomic mass is 10.0. The Hall–Kier alpha value is -3.22. The molecule has 0 fully saturated rings. The predicted molar refractivity (Wildman–Crippen MR) is 104 cm³/mol. The number of amides is 1. The van der Waals surface area contributed by atoms with Gasteiger partial charge in [-0.2, -0.15) is 0 Å². The van der Waals surface area contributed by atoms with Crippen LogP contribution in [-0.4, -0.2) is 44.9 Å². The summed E-state index contributed by atoms with van der Waals surface area (Å²) in [5.74, 6) is -0.181. The van der Waals surface area contributed by atoms with Gasteiger partial charge < -0.3 is 24.2 Å². The average molecular weight is 385 g/mol. The van der Waals surface area contributed by atoms with E-state index in [0.717, 1.165) is 5.56 Å². The lowest BCUT2D eigenvalue weighted by Crippen LogP contribution is -2.31. The molecule has 0 bridgehead atoms. The van der Waals surface area contributed by atoms with Crippen molar-refractivity contribution >= 4 is 17.6 Å². The molecule has 1 unspecified atom stereocenters. The van der Waals surface area contributed by atoms with E-state index in [1.807, 2.05) is 18.2 Å². The number of anilines is 1. The lowest BCUT2D eigenvalue weighted by Gasteiger charge is -2.18. The van der Waals surface area contributed by atoms with Crippen molar-refractivity contribution in [2.75, 3.05) is 32.8 Å². The number of carbonyl (C=O) groups is 2. The Morgan fingerprint density at radius 2 is 1.71 bits per heavy atom. The largest absolute Gasteiger partial charge is 0.493 e. The Bertz CT molecular complexity index is 869. The summed E-state index contributed by atoms with van der Waals surface area (Å²) >= 11 is 0. The van der Waals surface area contributed by atoms with Gasteiger partial charge in [0.25, 0.3) is 0 Å². The fraction of sp³-hybridized carbons (Fsp3) is 0.333. The Labute approximate surface area is 163 Å². The first-order valence-electron chi connectivity index (χ1n) is 8.91. The summed E-state index contributed by atoms with van der Waals surface area (Å²) in [4.78, 5) is 25.9. The highest BCUT2D eigenvalue weighted by Crippen LogP contribution is 2.39. The molecular weight excluding hydrogens is 362 g/mol. The van der Waals surface area contributed by atoms with Crippen molar-refractivity contribution in [1.29, 1.82) is 0 Å². The first kappa shape index (κ1) is 19.5. The van der Waals surface area contributed by atoms with Gasteiger partial charge in [0.15, 0.2) is 11.5 Å². The number of carbonyl (C=O) groups excluding carboxylic acids is 1. The minimum atomic E-state index is -0.924. The maximum Gasteiger partial charge on any atom is 0.312 e. The zero-order valence-electron chi connectivity index (χ0n) is 16.1. The van der Waals surface area contributed by atoms with Gasteiger partial charge in [-0.25, -0.2) is 0 Å². The highest BCUT2D eigenvalue weighted by molar-refractivity contribution is 5.99. The minimum absolute atomic E-state index is 0.120. The number of hydrogen-bond acceptors (Lipinski definition) is 5. The zero-order valence-corrected chi connectivity index (χ0v) is 16.1. The molecule has 1 aliphatic heterocycles. The van der Waals surface area contributed by atoms with Gasteiger partial charge in [-0.3, -0.25) is 9.59 Å². The maximum absolute atomic E-state index is 12.8. The third-order valence-corrected chi connectivity index (χ3v) is 4.92. The second-order valence-electron chi connectivity index (χ2n) is 6.49. The SMILES string of the molecule is COc1cc(CCC(=O)N2CC(C(=O)O)c3ccccc32)cc(OC)c1OC. The lowest BCUT2D eigenvalue weighted by molar-refractivity contribution is -0.138. The molecule has 1 heterocycles. The normalized spacial score (nSPS) is 15.1. The molecular formula is C21H23NO6. The number of aryl methyl sites for hydroxylation is 1. The van der Waals surface area contributed by atoms with Crippen molar-refractivity contribution in [3.63, 3.8) is 0 Å². The van der Waals surface area contributed by atoms with E-state index < -0.39 is 11.9 Å². The van der Waals surface area contributed by atoms with Crippen molar-refractivity contribution in [3.05, 3.63) is 47.5 Å². The number of para-hydroxylation sites is 1. The van der Waals surface area contributed by atoms with Gasteiger partial charge in [0.2, 0.25) is 11.7 Å². The van der Waals surface area contributed by atoms with Crippen LogP contribution in [0.15, 0.2) is 36.4 Å². The molecule has 0 spiro atoms. The predicted octanol–water partition coefficient (Wildman–Crippen LogP) is 2.86. The van der Waals surface area contributed by atoms with Crippen LogP contribution < -0.4 is 19.1 Å². The number of ether oxygens (including phenoxy) is 3. The van der Waals surface area contributed by atoms with E-state index in [4.69, 9.17) is 14.2 Å². The Morgan fingerprint density at radius 3 is 2.29 bits per heavy atom. The summed E-state index contributed by atoms with van der Waals surface area (Å²) in [6, 6.07) is 10.8. The number of carboxylic acids is 1. The Morgan fingerprint density at radius 1 is 1.07 bits per heavy atom. The number of rotatable bonds is 7. The second kappa shape index (κ2) is 8.21. The molecule has 2 aromatic rings. The molecule has 148 valence electrons. The fourth-order valence-electron chi connectivity index (χ4n) is 3.52. The van der Waals surface area contributed by atoms with Gasteiger partial charge in [0, 0.05) is 18.7 Å². The van der Waals surface area contributed by atoms with Gasteiger partial charge in [0.1, 0.15) is 5.92 Å². The number of nitrogens with zero attached hydrogens (tertiary/aromatic N) is 1. The molecule has 0 saturated carbocycles. The topological polar surface area (TPSA) is 85.3 Å². The van der Waals surface area contributed by atoms with Crippen LogP contribution in [0.4, 0.5) is 5.69 Å². The van der Waals surface area contributed by atoms with Gasteiger partial charge >= 0.3 is 5.97 Å². The average Bonchev–Trinajstić information content (AvgIpc) is 3.11. The highest BCUT2D eigenvalue weighted by Gasteiger charge is 2.36. The minimum Gasteiger partial charge on any atom is -0.493 e. The standard InChI is InChI=1S/C21H23NO6/c1-26-17-10-13(11-18(27-2)20(17)28-3)8-9-19(23)22-12-15(21(24)25)14-6-4-5-7-16(14)22/h4-7,10-11,15H,8-9,12H2,1-3H3,(H,24,25). The molecule has 0 radical (unpaired) electrons. The number of methoxy groups -OCH3 is 3. The van der Waals surface area contributed by atoms with E-state index in [2.05, 4.69) is 0 Å². The molecule has 1 aliphatic rings. The summed E-state index contributed by atoms with van der Waals surface area (Å²) in [5, 5.41) is 9.45. The van der Waals surface area contributed by atoms with E-state index in [-0.39, 0.29) is 18.9 Å². The molecule has 1 atom stereocenters. The van der Waals surface area contributed by atoms with Crippen molar-refractivity contribution in [1.82, 2.24) is 0 Å². The Balaban J connectivity index is 1.77. The van der Waals surface area contributed by atoms with Crippen LogP contribution >= 0.6 is 0 Å². The number of aliphatic carboxylic acids is 1. The second-order valence-corrected chi connectivity index (χ2v) is 6.49. The third kappa shape index (κ3) is 3.60. The van der Waals surface area contributed by atoms with Crippen molar-refractivity contribution < 1.29 is 28.9 Å². The summed E-state index contributed by atoms with van der Waals surface area (Å²) in [6.45, 7) is 0.156. The molecule has 0 aliphatic carbocycles. The molecule has 3 rings (SSSR count). The number of carboxylic acid groups (broad SMARTS) is 1. The van der Waals surface area contributed by atoms with Gasteiger partial charge in [-0.1, -0.05) is 18.2 Å². The van der Waals surface area contributed by atoms with Crippen molar-refractivity contribution in [3.8, 4) is 17.2 Å². The van der Waals surface area contributed by atoms with Crippen LogP contribution in [0.2, 0.25) is 0 Å². The van der Waals surface area contributed by atoms with Gasteiger partial charge in [0.05, 0.1) is 21.3 Å². The first-order valence-corrected chi connectivity index (χ1v) is 8.91. The summed E-state index contributed by atoms with van der Waals surface area (Å²) in [7, 11) is 4.62. The van der Waals surface area contributed by atoms with E-state index in [9.17, 15) is 14.7 Å². The van der Waals surface area contributed by atoms with Crippen LogP contribution in [0.5, 0.6) is 17.2 Å². The zero-order chi connectivity index (χ0) is 20.3. The molecule has 0 saturated heterocycles. The number of hydrogen-bond donors (Lipinski definition) is 1. The van der Waals surface area contributed by atoms with Gasteiger partial charge in [-0.15, -0.1) is 0 Å². The molecule has 7 nitrogen and oxygen atoms in total. The van der Waals surface area contributed by atoms with Crippen LogP contribution in [-0.2, 0) is 16.0 Å².